The van der Waals surface area contributed by atoms with E-state index in [0.29, 0.717) is 19.0 Å². The predicted octanol–water partition coefficient (Wildman–Crippen LogP) is 1.61. The van der Waals surface area contributed by atoms with Crippen LogP contribution in [-0.4, -0.2) is 35.1 Å². The van der Waals surface area contributed by atoms with Crippen LogP contribution in [0.3, 0.4) is 0 Å². The molecule has 1 amide bonds. The van der Waals surface area contributed by atoms with Crippen LogP contribution >= 0.6 is 0 Å². The van der Waals surface area contributed by atoms with Crippen LogP contribution in [0.2, 0.25) is 0 Å². The van der Waals surface area contributed by atoms with Crippen LogP contribution in [0, 0.1) is 12.8 Å². The number of piperidine rings is 1. The van der Waals surface area contributed by atoms with E-state index in [-0.39, 0.29) is 12.0 Å². The molecule has 110 valence electrons. The van der Waals surface area contributed by atoms with E-state index >= 15 is 0 Å². The number of nitrogens with zero attached hydrogens (tertiary/aromatic N) is 1. The lowest BCUT2D eigenvalue weighted by Gasteiger charge is -2.34. The maximum absolute atomic E-state index is 12.4. The standard InChI is InChI=1S/C16H24N2O2/c1-11-3-5-14(6-4-11)15(17)16(20)18-9-7-13(8-10-18)12(2)19/h3-6,12-13,15,19H,7-10,17H2,1-2H3. The molecule has 4 heteroatoms. The van der Waals surface area contributed by atoms with E-state index in [1.165, 1.54) is 0 Å². The van der Waals surface area contributed by atoms with Gasteiger partial charge in [0.2, 0.25) is 5.91 Å². The number of hydrogen-bond acceptors (Lipinski definition) is 3. The Morgan fingerprint density at radius 3 is 2.35 bits per heavy atom. The van der Waals surface area contributed by atoms with Gasteiger partial charge in [-0.2, -0.15) is 0 Å². The summed E-state index contributed by atoms with van der Waals surface area (Å²) in [6, 6.07) is 7.20. The van der Waals surface area contributed by atoms with Gasteiger partial charge in [0, 0.05) is 13.1 Å². The smallest absolute Gasteiger partial charge is 0.244 e. The molecular weight excluding hydrogens is 252 g/mol. The van der Waals surface area contributed by atoms with Crippen molar-refractivity contribution in [2.24, 2.45) is 11.7 Å². The van der Waals surface area contributed by atoms with Gasteiger partial charge in [-0.3, -0.25) is 4.79 Å². The second-order valence-electron chi connectivity index (χ2n) is 5.79. The molecule has 1 aromatic carbocycles. The summed E-state index contributed by atoms with van der Waals surface area (Å²) in [6.07, 6.45) is 1.41. The number of aliphatic hydroxyl groups is 1. The SMILES string of the molecule is Cc1ccc(C(N)C(=O)N2CCC(C(C)O)CC2)cc1. The van der Waals surface area contributed by atoms with Crippen molar-refractivity contribution in [3.05, 3.63) is 35.4 Å². The van der Waals surface area contributed by atoms with Crippen LogP contribution in [0.4, 0.5) is 0 Å². The maximum atomic E-state index is 12.4. The van der Waals surface area contributed by atoms with E-state index < -0.39 is 6.04 Å². The summed E-state index contributed by atoms with van der Waals surface area (Å²) in [5.41, 5.74) is 8.09. The third kappa shape index (κ3) is 3.38. The third-order valence-electron chi connectivity index (χ3n) is 4.24. The molecule has 2 atom stereocenters. The minimum absolute atomic E-state index is 0.0158. The summed E-state index contributed by atoms with van der Waals surface area (Å²) in [4.78, 5) is 14.2. The zero-order chi connectivity index (χ0) is 14.7. The lowest BCUT2D eigenvalue weighted by molar-refractivity contribution is -0.134. The molecule has 1 aliphatic rings. The summed E-state index contributed by atoms with van der Waals surface area (Å²) in [5.74, 6) is 0.285. The van der Waals surface area contributed by atoms with Crippen molar-refractivity contribution in [3.63, 3.8) is 0 Å². The Bertz CT molecular complexity index is 448. The monoisotopic (exact) mass is 276 g/mol. The summed E-state index contributed by atoms with van der Waals surface area (Å²) >= 11 is 0. The number of carbonyl (C=O) groups is 1. The Morgan fingerprint density at radius 1 is 1.30 bits per heavy atom. The number of benzene rings is 1. The van der Waals surface area contributed by atoms with Crippen LogP contribution < -0.4 is 5.73 Å². The molecule has 20 heavy (non-hydrogen) atoms. The molecule has 2 rings (SSSR count). The predicted molar refractivity (Wildman–Crippen MR) is 79.1 cm³/mol. The molecule has 0 aromatic heterocycles. The summed E-state index contributed by atoms with van der Waals surface area (Å²) < 4.78 is 0. The van der Waals surface area contributed by atoms with Gasteiger partial charge in [-0.1, -0.05) is 29.8 Å². The molecule has 1 aliphatic heterocycles. The zero-order valence-corrected chi connectivity index (χ0v) is 12.2. The minimum Gasteiger partial charge on any atom is -0.393 e. The lowest BCUT2D eigenvalue weighted by atomic mass is 9.91. The number of nitrogens with two attached hydrogens (primary N) is 1. The molecule has 0 radical (unpaired) electrons. The van der Waals surface area contributed by atoms with E-state index in [1.807, 2.05) is 43.0 Å². The van der Waals surface area contributed by atoms with E-state index in [4.69, 9.17) is 5.73 Å². The number of likely N-dealkylation sites (tertiary alicyclic amines) is 1. The second-order valence-corrected chi connectivity index (χ2v) is 5.79. The van der Waals surface area contributed by atoms with Crippen molar-refractivity contribution in [2.45, 2.75) is 38.8 Å². The molecule has 4 nitrogen and oxygen atoms in total. The highest BCUT2D eigenvalue weighted by Gasteiger charge is 2.28. The quantitative estimate of drug-likeness (QED) is 0.881. The average molecular weight is 276 g/mol. The van der Waals surface area contributed by atoms with Crippen molar-refractivity contribution in [1.82, 2.24) is 4.90 Å². The second kappa shape index (κ2) is 6.37. The van der Waals surface area contributed by atoms with E-state index in [2.05, 4.69) is 0 Å². The molecule has 0 spiro atoms. The lowest BCUT2D eigenvalue weighted by Crippen LogP contribution is -2.44. The van der Waals surface area contributed by atoms with Crippen LogP contribution in [0.5, 0.6) is 0 Å². The summed E-state index contributed by atoms with van der Waals surface area (Å²) in [6.45, 7) is 5.21. The first-order chi connectivity index (χ1) is 9.49. The van der Waals surface area contributed by atoms with Crippen molar-refractivity contribution < 1.29 is 9.90 Å². The summed E-state index contributed by atoms with van der Waals surface area (Å²) in [5, 5.41) is 9.59. The molecule has 1 fully saturated rings. The Morgan fingerprint density at radius 2 is 1.85 bits per heavy atom. The van der Waals surface area contributed by atoms with Crippen molar-refractivity contribution >= 4 is 5.91 Å². The number of aliphatic hydroxyl groups excluding tert-OH is 1. The highest BCUT2D eigenvalue weighted by Crippen LogP contribution is 2.23. The molecule has 3 N–H and O–H groups in total. The van der Waals surface area contributed by atoms with Crippen LogP contribution in [-0.2, 0) is 4.79 Å². The minimum atomic E-state index is -0.585. The fourth-order valence-corrected chi connectivity index (χ4v) is 2.72. The van der Waals surface area contributed by atoms with Gasteiger partial charge >= 0.3 is 0 Å². The van der Waals surface area contributed by atoms with Crippen LogP contribution in [0.25, 0.3) is 0 Å². The third-order valence-corrected chi connectivity index (χ3v) is 4.24. The fourth-order valence-electron chi connectivity index (χ4n) is 2.72. The van der Waals surface area contributed by atoms with Gasteiger partial charge in [0.1, 0.15) is 6.04 Å². The Hall–Kier alpha value is -1.39. The first-order valence-corrected chi connectivity index (χ1v) is 7.28. The van der Waals surface area contributed by atoms with Gasteiger partial charge in [-0.25, -0.2) is 0 Å². The zero-order valence-electron chi connectivity index (χ0n) is 12.2. The van der Waals surface area contributed by atoms with E-state index in [0.717, 1.165) is 24.0 Å². The molecule has 2 unspecified atom stereocenters. The Kier molecular flexibility index (Phi) is 4.78. The molecule has 0 saturated carbocycles. The first kappa shape index (κ1) is 15.0. The topological polar surface area (TPSA) is 66.6 Å². The van der Waals surface area contributed by atoms with Gasteiger partial charge < -0.3 is 15.7 Å². The number of hydrogen-bond donors (Lipinski definition) is 2. The molecule has 0 aliphatic carbocycles. The van der Waals surface area contributed by atoms with Crippen molar-refractivity contribution in [3.8, 4) is 0 Å². The van der Waals surface area contributed by atoms with Crippen molar-refractivity contribution in [1.29, 1.82) is 0 Å². The number of carbonyl (C=O) groups excluding carboxylic acids is 1. The highest BCUT2D eigenvalue weighted by atomic mass is 16.3. The highest BCUT2D eigenvalue weighted by molar-refractivity contribution is 5.83. The molecule has 1 aromatic rings. The molecule has 1 heterocycles. The summed E-state index contributed by atoms with van der Waals surface area (Å²) in [7, 11) is 0. The Balaban J connectivity index is 1.96. The maximum Gasteiger partial charge on any atom is 0.244 e. The van der Waals surface area contributed by atoms with E-state index in [9.17, 15) is 9.90 Å². The van der Waals surface area contributed by atoms with E-state index in [1.54, 1.807) is 0 Å². The molecule has 1 saturated heterocycles. The van der Waals surface area contributed by atoms with Gasteiger partial charge in [-0.15, -0.1) is 0 Å². The Labute approximate surface area is 120 Å². The first-order valence-electron chi connectivity index (χ1n) is 7.28. The molecule has 0 bridgehead atoms. The average Bonchev–Trinajstić information content (AvgIpc) is 2.46. The van der Waals surface area contributed by atoms with Gasteiger partial charge in [-0.05, 0) is 38.2 Å². The normalized spacial score (nSPS) is 19.7. The largest absolute Gasteiger partial charge is 0.393 e. The van der Waals surface area contributed by atoms with Crippen LogP contribution in [0.1, 0.15) is 36.9 Å². The van der Waals surface area contributed by atoms with Gasteiger partial charge in [0.15, 0.2) is 0 Å². The fraction of sp³-hybridized carbons (Fsp3) is 0.562. The van der Waals surface area contributed by atoms with Crippen LogP contribution in [0.15, 0.2) is 24.3 Å². The van der Waals surface area contributed by atoms with Crippen molar-refractivity contribution in [2.75, 3.05) is 13.1 Å². The number of amides is 1. The molecular formula is C16H24N2O2. The van der Waals surface area contributed by atoms with Gasteiger partial charge in [0.05, 0.1) is 6.10 Å². The number of rotatable bonds is 3. The van der Waals surface area contributed by atoms with Gasteiger partial charge in [0.25, 0.3) is 0 Å². The number of aryl methyl sites for hydroxylation is 1.